The van der Waals surface area contributed by atoms with E-state index < -0.39 is 0 Å². The summed E-state index contributed by atoms with van der Waals surface area (Å²) in [7, 11) is 1.71. The van der Waals surface area contributed by atoms with Gasteiger partial charge in [0, 0.05) is 11.6 Å². The van der Waals surface area contributed by atoms with Crippen LogP contribution in [-0.4, -0.2) is 23.9 Å². The number of rotatable bonds is 6. The van der Waals surface area contributed by atoms with Gasteiger partial charge >= 0.3 is 0 Å². The van der Waals surface area contributed by atoms with Crippen LogP contribution in [0, 0.1) is 0 Å². The molecule has 1 aromatic carbocycles. The molecular formula is C14H21BrO2. The average Bonchev–Trinajstić information content (AvgIpc) is 2.27. The van der Waals surface area contributed by atoms with Crippen molar-refractivity contribution >= 4 is 15.9 Å². The van der Waals surface area contributed by atoms with Crippen LogP contribution in [0.1, 0.15) is 32.3 Å². The molecule has 2 nitrogen and oxygen atoms in total. The maximum absolute atomic E-state index is 9.98. The van der Waals surface area contributed by atoms with Gasteiger partial charge in [-0.3, -0.25) is 0 Å². The van der Waals surface area contributed by atoms with Crippen molar-refractivity contribution in [1.82, 2.24) is 0 Å². The van der Waals surface area contributed by atoms with Gasteiger partial charge in [-0.1, -0.05) is 28.1 Å². The molecule has 96 valence electrons. The van der Waals surface area contributed by atoms with Crippen LogP contribution < -0.4 is 0 Å². The van der Waals surface area contributed by atoms with Crippen molar-refractivity contribution in [3.63, 3.8) is 0 Å². The van der Waals surface area contributed by atoms with E-state index in [-0.39, 0.29) is 11.7 Å². The highest BCUT2D eigenvalue weighted by Gasteiger charge is 2.18. The third-order valence-corrected chi connectivity index (χ3v) is 3.49. The summed E-state index contributed by atoms with van der Waals surface area (Å²) in [4.78, 5) is 0. The Kier molecular flexibility index (Phi) is 5.63. The first kappa shape index (κ1) is 14.7. The fourth-order valence-electron chi connectivity index (χ4n) is 1.65. The number of hydrogen-bond acceptors (Lipinski definition) is 2. The molecule has 1 N–H and O–H groups in total. The van der Waals surface area contributed by atoms with Crippen LogP contribution >= 0.6 is 15.9 Å². The van der Waals surface area contributed by atoms with Crippen LogP contribution in [0.15, 0.2) is 28.7 Å². The van der Waals surface area contributed by atoms with Gasteiger partial charge in [-0.25, -0.2) is 0 Å². The fourth-order valence-corrected chi connectivity index (χ4v) is 2.10. The molecule has 1 atom stereocenters. The number of hydrogen-bond donors (Lipinski definition) is 1. The lowest BCUT2D eigenvalue weighted by Gasteiger charge is -2.24. The van der Waals surface area contributed by atoms with Crippen LogP contribution in [0.3, 0.4) is 0 Å². The highest BCUT2D eigenvalue weighted by molar-refractivity contribution is 9.10. The van der Waals surface area contributed by atoms with Crippen LogP contribution in [0.5, 0.6) is 0 Å². The molecule has 0 heterocycles. The molecular weight excluding hydrogens is 280 g/mol. The van der Waals surface area contributed by atoms with Crippen molar-refractivity contribution in [3.8, 4) is 0 Å². The zero-order valence-corrected chi connectivity index (χ0v) is 12.3. The Morgan fingerprint density at radius 1 is 1.41 bits per heavy atom. The van der Waals surface area contributed by atoms with Crippen molar-refractivity contribution < 1.29 is 9.84 Å². The summed E-state index contributed by atoms with van der Waals surface area (Å²) in [6.07, 6.45) is 2.00. The number of ether oxygens (including phenoxy) is 1. The smallest absolute Gasteiger partial charge is 0.0623 e. The predicted octanol–water partition coefficient (Wildman–Crippen LogP) is 3.56. The first-order chi connectivity index (χ1) is 7.93. The number of benzene rings is 1. The molecule has 0 bridgehead atoms. The van der Waals surface area contributed by atoms with Gasteiger partial charge in [0.15, 0.2) is 0 Å². The molecule has 0 amide bonds. The minimum Gasteiger partial charge on any atom is -0.393 e. The zero-order chi connectivity index (χ0) is 12.9. The van der Waals surface area contributed by atoms with Gasteiger partial charge in [0.2, 0.25) is 0 Å². The highest BCUT2D eigenvalue weighted by atomic mass is 79.9. The van der Waals surface area contributed by atoms with E-state index in [2.05, 4.69) is 15.9 Å². The molecule has 1 rings (SSSR count). The molecule has 0 saturated heterocycles. The molecule has 1 unspecified atom stereocenters. The van der Waals surface area contributed by atoms with E-state index in [9.17, 15) is 5.11 Å². The van der Waals surface area contributed by atoms with Crippen LogP contribution in [0.25, 0.3) is 0 Å². The average molecular weight is 301 g/mol. The Morgan fingerprint density at radius 2 is 2.12 bits per heavy atom. The third kappa shape index (κ3) is 5.66. The van der Waals surface area contributed by atoms with E-state index in [0.717, 1.165) is 22.9 Å². The molecule has 0 aliphatic rings. The summed E-state index contributed by atoms with van der Waals surface area (Å²) in [5, 5.41) is 9.98. The molecule has 0 fully saturated rings. The predicted molar refractivity (Wildman–Crippen MR) is 74.2 cm³/mol. The minimum absolute atomic E-state index is 0.155. The second-order valence-corrected chi connectivity index (χ2v) is 5.91. The van der Waals surface area contributed by atoms with Gasteiger partial charge in [-0.15, -0.1) is 0 Å². The van der Waals surface area contributed by atoms with Crippen LogP contribution in [0.2, 0.25) is 0 Å². The second-order valence-electron chi connectivity index (χ2n) is 4.99. The first-order valence-electron chi connectivity index (χ1n) is 5.90. The van der Waals surface area contributed by atoms with E-state index in [1.165, 1.54) is 0 Å². The molecule has 3 heteroatoms. The summed E-state index contributed by atoms with van der Waals surface area (Å²) in [5.74, 6) is 0. The normalized spacial score (nSPS) is 13.7. The number of aliphatic hydroxyl groups is 1. The van der Waals surface area contributed by atoms with E-state index in [1.807, 2.05) is 38.1 Å². The summed E-state index contributed by atoms with van der Waals surface area (Å²) >= 11 is 3.43. The van der Waals surface area contributed by atoms with Crippen LogP contribution in [-0.2, 0) is 11.2 Å². The monoisotopic (exact) mass is 300 g/mol. The lowest BCUT2D eigenvalue weighted by atomic mass is 9.97. The van der Waals surface area contributed by atoms with Gasteiger partial charge in [0.1, 0.15) is 0 Å². The lowest BCUT2D eigenvalue weighted by molar-refractivity contribution is 0.00306. The van der Waals surface area contributed by atoms with Gasteiger partial charge in [-0.2, -0.15) is 0 Å². The van der Waals surface area contributed by atoms with E-state index in [4.69, 9.17) is 4.74 Å². The topological polar surface area (TPSA) is 29.5 Å². The van der Waals surface area contributed by atoms with Crippen molar-refractivity contribution in [2.24, 2.45) is 0 Å². The summed E-state index contributed by atoms with van der Waals surface area (Å²) in [6.45, 7) is 4.08. The van der Waals surface area contributed by atoms with E-state index in [0.29, 0.717) is 6.42 Å². The Labute approximate surface area is 112 Å². The lowest BCUT2D eigenvalue weighted by Crippen LogP contribution is -2.25. The Balaban J connectivity index is 2.42. The van der Waals surface area contributed by atoms with Crippen molar-refractivity contribution in [2.45, 2.75) is 44.8 Å². The maximum Gasteiger partial charge on any atom is 0.0623 e. The number of halogens is 1. The Hall–Kier alpha value is -0.380. The fraction of sp³-hybridized carbons (Fsp3) is 0.571. The van der Waals surface area contributed by atoms with Crippen molar-refractivity contribution in [1.29, 1.82) is 0 Å². The highest BCUT2D eigenvalue weighted by Crippen LogP contribution is 2.19. The van der Waals surface area contributed by atoms with Crippen LogP contribution in [0.4, 0.5) is 0 Å². The minimum atomic E-state index is -0.307. The first-order valence-corrected chi connectivity index (χ1v) is 6.70. The molecule has 17 heavy (non-hydrogen) atoms. The van der Waals surface area contributed by atoms with E-state index in [1.54, 1.807) is 7.11 Å². The number of aliphatic hydroxyl groups excluding tert-OH is 1. The molecule has 0 aromatic heterocycles. The van der Waals surface area contributed by atoms with Crippen molar-refractivity contribution in [3.05, 3.63) is 34.3 Å². The van der Waals surface area contributed by atoms with Gasteiger partial charge in [0.05, 0.1) is 11.7 Å². The molecule has 0 radical (unpaired) electrons. The van der Waals surface area contributed by atoms with Gasteiger partial charge < -0.3 is 9.84 Å². The van der Waals surface area contributed by atoms with Gasteiger partial charge in [-0.05, 0) is 50.8 Å². The summed E-state index contributed by atoms with van der Waals surface area (Å²) < 4.78 is 6.39. The quantitative estimate of drug-likeness (QED) is 0.870. The zero-order valence-electron chi connectivity index (χ0n) is 10.7. The summed E-state index contributed by atoms with van der Waals surface area (Å²) in [6, 6.07) is 8.06. The molecule has 0 aliphatic heterocycles. The number of methoxy groups -OCH3 is 1. The second kappa shape index (κ2) is 6.53. The Morgan fingerprint density at radius 3 is 2.71 bits per heavy atom. The molecule has 0 spiro atoms. The molecule has 0 saturated carbocycles. The largest absolute Gasteiger partial charge is 0.393 e. The SMILES string of the molecule is COC(C)(C)CCC(O)Cc1cccc(Br)c1. The molecule has 0 aliphatic carbocycles. The van der Waals surface area contributed by atoms with Crippen molar-refractivity contribution in [2.75, 3.05) is 7.11 Å². The van der Waals surface area contributed by atoms with E-state index >= 15 is 0 Å². The maximum atomic E-state index is 9.98. The Bertz CT molecular complexity index is 350. The van der Waals surface area contributed by atoms with Gasteiger partial charge in [0.25, 0.3) is 0 Å². The molecule has 1 aromatic rings. The standard InChI is InChI=1S/C14H21BrO2/c1-14(2,17-3)8-7-13(16)10-11-5-4-6-12(15)9-11/h4-6,9,13,16H,7-8,10H2,1-3H3. The summed E-state index contributed by atoms with van der Waals surface area (Å²) in [5.41, 5.74) is 1.00. The third-order valence-electron chi connectivity index (χ3n) is 2.99.